The summed E-state index contributed by atoms with van der Waals surface area (Å²) in [5, 5.41) is 11.8. The minimum absolute atomic E-state index is 0.0145. The molecule has 174 valence electrons. The van der Waals surface area contributed by atoms with Gasteiger partial charge in [-0.05, 0) is 42.0 Å². The Balaban J connectivity index is 1.44. The Hall–Kier alpha value is -3.35. The van der Waals surface area contributed by atoms with Crippen LogP contribution in [-0.2, 0) is 14.3 Å². The van der Waals surface area contributed by atoms with Crippen LogP contribution in [0.1, 0.15) is 56.1 Å². The van der Waals surface area contributed by atoms with Crippen LogP contribution in [0.5, 0.6) is 0 Å². The standard InChI is InChI=1S/C26H30N2O5/c1-17-9-3-2-8-14-28(17)25(31)23(15-24(29)30)27-26(32)33-16-22-20-12-6-4-10-18(20)19-11-5-7-13-21(19)22/h4-7,10-13,17,22-23H,2-3,8-9,14-16H2,1H3,(H,27,32)(H,29,30). The molecular formula is C26H30N2O5. The van der Waals surface area contributed by atoms with Crippen molar-refractivity contribution in [2.45, 2.75) is 57.0 Å². The van der Waals surface area contributed by atoms with Gasteiger partial charge in [0.1, 0.15) is 12.6 Å². The van der Waals surface area contributed by atoms with E-state index in [4.69, 9.17) is 4.74 Å². The molecule has 1 fully saturated rings. The molecule has 2 atom stereocenters. The second-order valence-electron chi connectivity index (χ2n) is 8.85. The van der Waals surface area contributed by atoms with E-state index in [0.717, 1.165) is 47.9 Å². The summed E-state index contributed by atoms with van der Waals surface area (Å²) in [5.74, 6) is -1.61. The van der Waals surface area contributed by atoms with Crippen molar-refractivity contribution < 1.29 is 24.2 Å². The molecule has 2 amide bonds. The lowest BCUT2D eigenvalue weighted by Gasteiger charge is -2.30. The number of amides is 2. The number of nitrogens with one attached hydrogen (secondary N) is 1. The minimum atomic E-state index is -1.15. The third kappa shape index (κ3) is 5.02. The van der Waals surface area contributed by atoms with Crippen LogP contribution in [-0.4, -0.2) is 53.2 Å². The Morgan fingerprint density at radius 1 is 1.03 bits per heavy atom. The highest BCUT2D eigenvalue weighted by atomic mass is 16.5. The third-order valence-electron chi connectivity index (χ3n) is 6.65. The van der Waals surface area contributed by atoms with Crippen molar-refractivity contribution in [2.24, 2.45) is 0 Å². The number of likely N-dealkylation sites (tertiary alicyclic amines) is 1. The summed E-state index contributed by atoms with van der Waals surface area (Å²) in [5.41, 5.74) is 4.42. The van der Waals surface area contributed by atoms with Gasteiger partial charge >= 0.3 is 12.1 Å². The van der Waals surface area contributed by atoms with Crippen LogP contribution in [0, 0.1) is 0 Å². The monoisotopic (exact) mass is 450 g/mol. The highest BCUT2D eigenvalue weighted by Gasteiger charge is 2.33. The maximum absolute atomic E-state index is 13.1. The van der Waals surface area contributed by atoms with E-state index in [2.05, 4.69) is 17.4 Å². The second kappa shape index (κ2) is 10.1. The Labute approximate surface area is 193 Å². The molecular weight excluding hydrogens is 420 g/mol. The van der Waals surface area contributed by atoms with Crippen LogP contribution in [0.2, 0.25) is 0 Å². The number of carbonyl (C=O) groups is 3. The predicted octanol–water partition coefficient (Wildman–Crippen LogP) is 4.16. The van der Waals surface area contributed by atoms with Gasteiger partial charge in [0.05, 0.1) is 6.42 Å². The molecule has 7 heteroatoms. The van der Waals surface area contributed by atoms with Crippen molar-refractivity contribution in [3.05, 3.63) is 59.7 Å². The third-order valence-corrected chi connectivity index (χ3v) is 6.65. The molecule has 1 saturated heterocycles. The quantitative estimate of drug-likeness (QED) is 0.689. The molecule has 0 bridgehead atoms. The van der Waals surface area contributed by atoms with Gasteiger partial charge in [-0.1, -0.05) is 61.4 Å². The number of carbonyl (C=O) groups excluding carboxylic acids is 2. The maximum Gasteiger partial charge on any atom is 0.407 e. The van der Waals surface area contributed by atoms with Crippen LogP contribution in [0.3, 0.4) is 0 Å². The fourth-order valence-corrected chi connectivity index (χ4v) is 4.96. The van der Waals surface area contributed by atoms with Crippen molar-refractivity contribution >= 4 is 18.0 Å². The zero-order valence-electron chi connectivity index (χ0n) is 18.8. The maximum atomic E-state index is 13.1. The zero-order valence-corrected chi connectivity index (χ0v) is 18.8. The van der Waals surface area contributed by atoms with Gasteiger partial charge in [0.15, 0.2) is 0 Å². The number of aliphatic carboxylic acids is 1. The number of benzene rings is 2. The van der Waals surface area contributed by atoms with Crippen molar-refractivity contribution in [3.63, 3.8) is 0 Å². The molecule has 2 N–H and O–H groups in total. The van der Waals surface area contributed by atoms with Gasteiger partial charge in [-0.15, -0.1) is 0 Å². The summed E-state index contributed by atoms with van der Waals surface area (Å²) in [6, 6.07) is 14.9. The Bertz CT molecular complexity index is 991. The molecule has 0 saturated carbocycles. The first kappa shape index (κ1) is 22.8. The number of nitrogens with zero attached hydrogens (tertiary/aromatic N) is 1. The van der Waals surface area contributed by atoms with Crippen molar-refractivity contribution in [1.29, 1.82) is 0 Å². The first-order chi connectivity index (χ1) is 16.0. The van der Waals surface area contributed by atoms with E-state index >= 15 is 0 Å². The molecule has 33 heavy (non-hydrogen) atoms. The summed E-state index contributed by atoms with van der Waals surface area (Å²) in [6.45, 7) is 2.64. The number of ether oxygens (including phenoxy) is 1. The molecule has 1 heterocycles. The van der Waals surface area contributed by atoms with Crippen molar-refractivity contribution in [1.82, 2.24) is 10.2 Å². The Kier molecular flexibility index (Phi) is 6.96. The normalized spacial score (nSPS) is 18.6. The number of alkyl carbamates (subject to hydrolysis) is 1. The molecule has 0 radical (unpaired) electrons. The molecule has 1 aliphatic carbocycles. The molecule has 4 rings (SSSR count). The number of hydrogen-bond acceptors (Lipinski definition) is 4. The molecule has 2 unspecified atom stereocenters. The summed E-state index contributed by atoms with van der Waals surface area (Å²) < 4.78 is 5.53. The van der Waals surface area contributed by atoms with Gasteiger partial charge in [0.25, 0.3) is 0 Å². The molecule has 2 aliphatic rings. The first-order valence-corrected chi connectivity index (χ1v) is 11.6. The molecule has 2 aromatic rings. The average molecular weight is 451 g/mol. The number of carboxylic acid groups (broad SMARTS) is 1. The fourth-order valence-electron chi connectivity index (χ4n) is 4.96. The van der Waals surface area contributed by atoms with Crippen LogP contribution < -0.4 is 5.32 Å². The van der Waals surface area contributed by atoms with E-state index in [-0.39, 0.29) is 24.5 Å². The molecule has 7 nitrogen and oxygen atoms in total. The summed E-state index contributed by atoms with van der Waals surface area (Å²) >= 11 is 0. The Morgan fingerprint density at radius 3 is 2.30 bits per heavy atom. The lowest BCUT2D eigenvalue weighted by atomic mass is 9.98. The number of hydrogen-bond donors (Lipinski definition) is 2. The second-order valence-corrected chi connectivity index (χ2v) is 8.85. The topological polar surface area (TPSA) is 95.9 Å². The van der Waals surface area contributed by atoms with Crippen LogP contribution in [0.15, 0.2) is 48.5 Å². The molecule has 0 spiro atoms. The van der Waals surface area contributed by atoms with Gasteiger partial charge in [0.2, 0.25) is 5.91 Å². The summed E-state index contributed by atoms with van der Waals surface area (Å²) in [7, 11) is 0. The molecule has 0 aromatic heterocycles. The van der Waals surface area contributed by atoms with E-state index < -0.39 is 24.5 Å². The number of carboxylic acids is 1. The van der Waals surface area contributed by atoms with Gasteiger partial charge in [0, 0.05) is 18.5 Å². The van der Waals surface area contributed by atoms with Crippen LogP contribution in [0.4, 0.5) is 4.79 Å². The molecule has 2 aromatic carbocycles. The highest BCUT2D eigenvalue weighted by molar-refractivity contribution is 5.89. The van der Waals surface area contributed by atoms with Crippen molar-refractivity contribution in [2.75, 3.05) is 13.2 Å². The van der Waals surface area contributed by atoms with E-state index in [1.165, 1.54) is 0 Å². The van der Waals surface area contributed by atoms with Gasteiger partial charge in [-0.2, -0.15) is 0 Å². The smallest absolute Gasteiger partial charge is 0.407 e. The predicted molar refractivity (Wildman–Crippen MR) is 124 cm³/mol. The SMILES string of the molecule is CC1CCCCCN1C(=O)C(CC(=O)O)NC(=O)OCC1c2ccccc2-c2ccccc21. The van der Waals surface area contributed by atoms with Gasteiger partial charge in [-0.25, -0.2) is 4.79 Å². The van der Waals surface area contributed by atoms with Crippen LogP contribution in [0.25, 0.3) is 11.1 Å². The van der Waals surface area contributed by atoms with E-state index in [0.29, 0.717) is 6.54 Å². The highest BCUT2D eigenvalue weighted by Crippen LogP contribution is 2.44. The summed E-state index contributed by atoms with van der Waals surface area (Å²) in [4.78, 5) is 38.9. The van der Waals surface area contributed by atoms with Gasteiger partial charge in [-0.3, -0.25) is 9.59 Å². The van der Waals surface area contributed by atoms with E-state index in [1.54, 1.807) is 4.90 Å². The van der Waals surface area contributed by atoms with Gasteiger partial charge < -0.3 is 20.1 Å². The minimum Gasteiger partial charge on any atom is -0.481 e. The van der Waals surface area contributed by atoms with Crippen LogP contribution >= 0.6 is 0 Å². The average Bonchev–Trinajstić information content (AvgIpc) is 2.96. The largest absolute Gasteiger partial charge is 0.481 e. The fraction of sp³-hybridized carbons (Fsp3) is 0.423. The van der Waals surface area contributed by atoms with E-state index in [1.807, 2.05) is 43.3 Å². The lowest BCUT2D eigenvalue weighted by Crippen LogP contribution is -2.52. The lowest BCUT2D eigenvalue weighted by molar-refractivity contribution is -0.143. The number of rotatable bonds is 6. The summed E-state index contributed by atoms with van der Waals surface area (Å²) in [6.07, 6.45) is 2.56. The zero-order chi connectivity index (χ0) is 23.4. The molecule has 1 aliphatic heterocycles. The van der Waals surface area contributed by atoms with E-state index in [9.17, 15) is 19.5 Å². The first-order valence-electron chi connectivity index (χ1n) is 11.6. The number of fused-ring (bicyclic) bond motifs is 3. The Morgan fingerprint density at radius 2 is 1.67 bits per heavy atom. The van der Waals surface area contributed by atoms with Crippen molar-refractivity contribution in [3.8, 4) is 11.1 Å².